The molecule has 0 radical (unpaired) electrons. The van der Waals surface area contributed by atoms with E-state index in [2.05, 4.69) is 0 Å². The van der Waals surface area contributed by atoms with E-state index in [-0.39, 0.29) is 12.1 Å². The molecule has 1 amide bonds. The lowest BCUT2D eigenvalue weighted by molar-refractivity contribution is 0.150. The summed E-state index contributed by atoms with van der Waals surface area (Å²) in [5.41, 5.74) is 3.45. The third-order valence-electron chi connectivity index (χ3n) is 5.99. The molecule has 0 fully saturated rings. The fraction of sp³-hybridized carbons (Fsp3) is 0.115. The van der Waals surface area contributed by atoms with Gasteiger partial charge >= 0.3 is 6.09 Å². The largest absolute Gasteiger partial charge is 0.465 e. The van der Waals surface area contributed by atoms with E-state index in [4.69, 9.17) is 39.8 Å². The highest BCUT2D eigenvalue weighted by atomic mass is 35.5. The van der Waals surface area contributed by atoms with Gasteiger partial charge in [-0.2, -0.15) is 0 Å². The lowest BCUT2D eigenvalue weighted by Crippen LogP contribution is -2.33. The average Bonchev–Trinajstić information content (AvgIpc) is 2.85. The molecule has 2 aromatic carbocycles. The third-order valence-corrected chi connectivity index (χ3v) is 6.93. The standard InChI is InChI=1S/C26H18Cl3N3O3/c27-18-5-2-1-4-16(18)24-17-8-9-23(33)32(25-19(28)6-3-7-20(25)29)22(17)14-21(30-24)15-10-12-31(13-11-15)26(34)35/h1-10,14H,11-13H2,(H,34,35). The van der Waals surface area contributed by atoms with Gasteiger partial charge in [0.25, 0.3) is 5.56 Å². The Morgan fingerprint density at radius 3 is 2.31 bits per heavy atom. The summed E-state index contributed by atoms with van der Waals surface area (Å²) in [7, 11) is 0. The zero-order chi connectivity index (χ0) is 24.7. The molecule has 0 bridgehead atoms. The number of para-hydroxylation sites is 1. The van der Waals surface area contributed by atoms with Gasteiger partial charge in [0, 0.05) is 35.1 Å². The van der Waals surface area contributed by atoms with Crippen LogP contribution in [0, 0.1) is 0 Å². The van der Waals surface area contributed by atoms with Crippen molar-refractivity contribution in [3.63, 3.8) is 0 Å². The quantitative estimate of drug-likeness (QED) is 0.319. The summed E-state index contributed by atoms with van der Waals surface area (Å²) in [4.78, 5) is 30.8. The number of pyridine rings is 2. The van der Waals surface area contributed by atoms with E-state index in [1.165, 1.54) is 15.5 Å². The molecule has 35 heavy (non-hydrogen) atoms. The van der Waals surface area contributed by atoms with Crippen molar-refractivity contribution < 1.29 is 9.90 Å². The smallest absolute Gasteiger partial charge is 0.407 e. The van der Waals surface area contributed by atoms with Crippen LogP contribution < -0.4 is 5.56 Å². The zero-order valence-electron chi connectivity index (χ0n) is 18.2. The number of fused-ring (bicyclic) bond motifs is 1. The maximum absolute atomic E-state index is 13.2. The van der Waals surface area contributed by atoms with Gasteiger partial charge in [-0.05, 0) is 42.3 Å². The predicted molar refractivity (Wildman–Crippen MR) is 140 cm³/mol. The summed E-state index contributed by atoms with van der Waals surface area (Å²) >= 11 is 19.6. The predicted octanol–water partition coefficient (Wildman–Crippen LogP) is 6.78. The molecule has 1 N–H and O–H groups in total. The van der Waals surface area contributed by atoms with Crippen LogP contribution in [0.1, 0.15) is 12.1 Å². The molecule has 0 saturated heterocycles. The summed E-state index contributed by atoms with van der Waals surface area (Å²) < 4.78 is 1.48. The molecule has 176 valence electrons. The second-order valence-electron chi connectivity index (χ2n) is 8.05. The molecule has 3 heterocycles. The van der Waals surface area contributed by atoms with Gasteiger partial charge in [-0.15, -0.1) is 0 Å². The molecule has 1 aliphatic heterocycles. The topological polar surface area (TPSA) is 75.4 Å². The molecule has 6 nitrogen and oxygen atoms in total. The summed E-state index contributed by atoms with van der Waals surface area (Å²) in [5.74, 6) is 0. The molecular formula is C26H18Cl3N3O3. The van der Waals surface area contributed by atoms with Gasteiger partial charge < -0.3 is 10.0 Å². The van der Waals surface area contributed by atoms with E-state index in [1.54, 1.807) is 30.3 Å². The number of aromatic nitrogens is 2. The van der Waals surface area contributed by atoms with Crippen molar-refractivity contribution in [2.75, 3.05) is 13.1 Å². The van der Waals surface area contributed by atoms with E-state index >= 15 is 0 Å². The number of hydrogen-bond acceptors (Lipinski definition) is 3. The van der Waals surface area contributed by atoms with Crippen LogP contribution in [0.2, 0.25) is 15.1 Å². The number of hydrogen-bond donors (Lipinski definition) is 1. The van der Waals surface area contributed by atoms with Crippen molar-refractivity contribution in [1.82, 2.24) is 14.5 Å². The molecule has 0 spiro atoms. The Morgan fingerprint density at radius 2 is 1.66 bits per heavy atom. The lowest BCUT2D eigenvalue weighted by atomic mass is 10.00. The average molecular weight is 527 g/mol. The minimum Gasteiger partial charge on any atom is -0.465 e. The van der Waals surface area contributed by atoms with Crippen LogP contribution in [-0.2, 0) is 0 Å². The zero-order valence-corrected chi connectivity index (χ0v) is 20.5. The Balaban J connectivity index is 1.84. The van der Waals surface area contributed by atoms with Crippen molar-refractivity contribution in [3.8, 4) is 16.9 Å². The van der Waals surface area contributed by atoms with Crippen molar-refractivity contribution >= 4 is 57.4 Å². The van der Waals surface area contributed by atoms with Gasteiger partial charge in [0.15, 0.2) is 0 Å². The molecule has 4 aromatic rings. The fourth-order valence-electron chi connectivity index (χ4n) is 4.27. The molecular weight excluding hydrogens is 509 g/mol. The van der Waals surface area contributed by atoms with Gasteiger partial charge in [-0.1, -0.05) is 65.1 Å². The lowest BCUT2D eigenvalue weighted by Gasteiger charge is -2.24. The first-order chi connectivity index (χ1) is 16.8. The Kier molecular flexibility index (Phi) is 6.28. The number of rotatable bonds is 3. The van der Waals surface area contributed by atoms with Gasteiger partial charge in [0.05, 0.1) is 32.6 Å². The summed E-state index contributed by atoms with van der Waals surface area (Å²) in [6, 6.07) is 17.4. The maximum atomic E-state index is 13.2. The number of nitrogens with zero attached hydrogens (tertiary/aromatic N) is 3. The Morgan fingerprint density at radius 1 is 0.943 bits per heavy atom. The van der Waals surface area contributed by atoms with E-state index in [9.17, 15) is 14.7 Å². The van der Waals surface area contributed by atoms with E-state index < -0.39 is 6.09 Å². The van der Waals surface area contributed by atoms with E-state index in [0.29, 0.717) is 61.6 Å². The van der Waals surface area contributed by atoms with Crippen molar-refractivity contribution in [3.05, 3.63) is 97.9 Å². The number of carboxylic acid groups (broad SMARTS) is 1. The molecule has 0 unspecified atom stereocenters. The number of benzene rings is 2. The third kappa shape index (κ3) is 4.29. The summed E-state index contributed by atoms with van der Waals surface area (Å²) in [6.45, 7) is 0.601. The van der Waals surface area contributed by atoms with Gasteiger partial charge in [0.2, 0.25) is 0 Å². The summed E-state index contributed by atoms with van der Waals surface area (Å²) in [6.07, 6.45) is 1.36. The van der Waals surface area contributed by atoms with Gasteiger partial charge in [0.1, 0.15) is 0 Å². The Labute approximate surface area is 215 Å². The monoisotopic (exact) mass is 525 g/mol. The molecule has 0 saturated carbocycles. The van der Waals surface area contributed by atoms with Crippen LogP contribution in [-0.4, -0.2) is 38.7 Å². The van der Waals surface area contributed by atoms with Gasteiger partial charge in [-0.3, -0.25) is 9.36 Å². The number of carbonyl (C=O) groups is 1. The Bertz CT molecular complexity index is 1560. The second-order valence-corrected chi connectivity index (χ2v) is 9.28. The minimum absolute atomic E-state index is 0.254. The first-order valence-corrected chi connectivity index (χ1v) is 11.9. The minimum atomic E-state index is -0.967. The number of halogens is 3. The molecule has 0 atom stereocenters. The fourth-order valence-corrected chi connectivity index (χ4v) is 5.06. The molecule has 5 rings (SSSR count). The SMILES string of the molecule is O=C(O)N1CC=C(c2cc3c(ccc(=O)n3-c3c(Cl)cccc3Cl)c(-c3ccccc3Cl)n2)CC1. The highest BCUT2D eigenvalue weighted by molar-refractivity contribution is 6.38. The van der Waals surface area contributed by atoms with Crippen LogP contribution >= 0.6 is 34.8 Å². The maximum Gasteiger partial charge on any atom is 0.407 e. The van der Waals surface area contributed by atoms with Crippen molar-refractivity contribution in [2.24, 2.45) is 0 Å². The van der Waals surface area contributed by atoms with Crippen molar-refractivity contribution in [2.45, 2.75) is 6.42 Å². The van der Waals surface area contributed by atoms with Crippen LogP contribution in [0.4, 0.5) is 4.79 Å². The molecule has 1 aliphatic rings. The second kappa shape index (κ2) is 9.38. The normalized spacial score (nSPS) is 13.7. The van der Waals surface area contributed by atoms with Crippen LogP contribution in [0.15, 0.2) is 71.5 Å². The van der Waals surface area contributed by atoms with Crippen LogP contribution in [0.5, 0.6) is 0 Å². The van der Waals surface area contributed by atoms with Gasteiger partial charge in [-0.25, -0.2) is 9.78 Å². The highest BCUT2D eigenvalue weighted by Gasteiger charge is 2.22. The van der Waals surface area contributed by atoms with E-state index in [1.807, 2.05) is 30.3 Å². The molecule has 2 aromatic heterocycles. The molecule has 0 aliphatic carbocycles. The molecule has 9 heteroatoms. The van der Waals surface area contributed by atoms with Crippen LogP contribution in [0.25, 0.3) is 33.4 Å². The first-order valence-electron chi connectivity index (χ1n) is 10.8. The van der Waals surface area contributed by atoms with E-state index in [0.717, 1.165) is 5.57 Å². The first kappa shape index (κ1) is 23.4. The Hall–Kier alpha value is -3.32. The van der Waals surface area contributed by atoms with Crippen molar-refractivity contribution in [1.29, 1.82) is 0 Å². The van der Waals surface area contributed by atoms with Crippen LogP contribution in [0.3, 0.4) is 0 Å². The number of amides is 1. The highest BCUT2D eigenvalue weighted by Crippen LogP contribution is 2.36. The summed E-state index contributed by atoms with van der Waals surface area (Å²) in [5, 5.41) is 11.2.